The minimum absolute atomic E-state index is 0.174. The first kappa shape index (κ1) is 21.4. The summed E-state index contributed by atoms with van der Waals surface area (Å²) in [4.78, 5) is 2.29. The molecule has 3 aromatic rings. The van der Waals surface area contributed by atoms with E-state index in [9.17, 15) is 13.2 Å². The van der Waals surface area contributed by atoms with Crippen molar-refractivity contribution in [1.82, 2.24) is 15.1 Å². The van der Waals surface area contributed by atoms with E-state index in [-0.39, 0.29) is 18.2 Å². The zero-order valence-electron chi connectivity index (χ0n) is 17.5. The molecule has 1 saturated heterocycles. The zero-order chi connectivity index (χ0) is 22.0. The molecule has 0 saturated carbocycles. The number of benzene rings is 2. The molecule has 31 heavy (non-hydrogen) atoms. The number of halogens is 3. The number of hydrogen-bond donors (Lipinski definition) is 1. The Bertz CT molecular complexity index is 1060. The Kier molecular flexibility index (Phi) is 6.00. The summed E-state index contributed by atoms with van der Waals surface area (Å²) in [5, 5.41) is 13.1. The van der Waals surface area contributed by atoms with Crippen LogP contribution in [0.3, 0.4) is 0 Å². The van der Waals surface area contributed by atoms with Gasteiger partial charge in [0.25, 0.3) is 0 Å². The van der Waals surface area contributed by atoms with Crippen molar-refractivity contribution in [3.8, 4) is 5.75 Å². The minimum Gasteiger partial charge on any atom is -0.490 e. The van der Waals surface area contributed by atoms with Crippen LogP contribution in [0.2, 0.25) is 0 Å². The average molecular weight is 430 g/mol. The topological polar surface area (TPSA) is 50.3 Å². The van der Waals surface area contributed by atoms with Crippen LogP contribution in [-0.2, 0) is 12.7 Å². The van der Waals surface area contributed by atoms with Gasteiger partial charge in [-0.2, -0.15) is 18.3 Å². The second-order valence-corrected chi connectivity index (χ2v) is 8.00. The fourth-order valence-electron chi connectivity index (χ4n) is 3.92. The van der Waals surface area contributed by atoms with E-state index in [0.717, 1.165) is 48.5 Å². The number of ether oxygens (including phenoxy) is 1. The fourth-order valence-corrected chi connectivity index (χ4v) is 3.92. The van der Waals surface area contributed by atoms with Crippen LogP contribution in [0.15, 0.2) is 42.6 Å². The Morgan fingerprint density at radius 2 is 1.94 bits per heavy atom. The van der Waals surface area contributed by atoms with Crippen molar-refractivity contribution in [2.24, 2.45) is 0 Å². The number of nitrogens with one attached hydrogen (secondary N) is 1. The van der Waals surface area contributed by atoms with Crippen LogP contribution < -0.4 is 10.1 Å². The van der Waals surface area contributed by atoms with Gasteiger partial charge in [0.05, 0.1) is 11.8 Å². The molecule has 4 rings (SSSR count). The molecule has 2 aromatic carbocycles. The van der Waals surface area contributed by atoms with E-state index in [1.807, 2.05) is 18.2 Å². The van der Waals surface area contributed by atoms with Gasteiger partial charge in [-0.25, -0.2) is 0 Å². The van der Waals surface area contributed by atoms with Crippen molar-refractivity contribution in [3.63, 3.8) is 0 Å². The van der Waals surface area contributed by atoms with E-state index in [4.69, 9.17) is 4.74 Å². The third-order valence-electron chi connectivity index (χ3n) is 5.80. The molecule has 1 aliphatic heterocycles. The van der Waals surface area contributed by atoms with Gasteiger partial charge >= 0.3 is 6.18 Å². The van der Waals surface area contributed by atoms with Gasteiger partial charge in [0.2, 0.25) is 0 Å². The molecule has 2 heterocycles. The predicted molar refractivity (Wildman–Crippen MR) is 114 cm³/mol. The first-order valence-corrected chi connectivity index (χ1v) is 10.3. The number of fused-ring (bicyclic) bond motifs is 1. The summed E-state index contributed by atoms with van der Waals surface area (Å²) in [7, 11) is 2.11. The number of alkyl halides is 3. The number of hydrogen-bond acceptors (Lipinski definition) is 5. The molecule has 0 amide bonds. The Morgan fingerprint density at radius 1 is 1.16 bits per heavy atom. The molecule has 5 nitrogen and oxygen atoms in total. The summed E-state index contributed by atoms with van der Waals surface area (Å²) in [6.45, 7) is 3.71. The number of piperidine rings is 1. The smallest absolute Gasteiger partial charge is 0.416 e. The molecule has 164 valence electrons. The molecular formula is C23H25F3N4O. The molecule has 0 atom stereocenters. The Labute approximate surface area is 179 Å². The van der Waals surface area contributed by atoms with Crippen molar-refractivity contribution < 1.29 is 17.9 Å². The summed E-state index contributed by atoms with van der Waals surface area (Å²) in [5.41, 5.74) is 0.152. The van der Waals surface area contributed by atoms with Gasteiger partial charge in [-0.05, 0) is 62.2 Å². The lowest BCUT2D eigenvalue weighted by Gasteiger charge is -2.29. The molecule has 0 spiro atoms. The molecule has 8 heteroatoms. The van der Waals surface area contributed by atoms with E-state index in [0.29, 0.717) is 11.4 Å². The van der Waals surface area contributed by atoms with Crippen LogP contribution in [0.5, 0.6) is 5.75 Å². The van der Waals surface area contributed by atoms with Gasteiger partial charge in [-0.1, -0.05) is 12.1 Å². The van der Waals surface area contributed by atoms with Gasteiger partial charge in [-0.3, -0.25) is 0 Å². The lowest BCUT2D eigenvalue weighted by atomic mass is 10.0. The molecule has 1 aromatic heterocycles. The zero-order valence-corrected chi connectivity index (χ0v) is 17.5. The van der Waals surface area contributed by atoms with Crippen LogP contribution in [-0.4, -0.2) is 41.3 Å². The maximum Gasteiger partial charge on any atom is 0.416 e. The van der Waals surface area contributed by atoms with Crippen molar-refractivity contribution in [2.75, 3.05) is 25.5 Å². The summed E-state index contributed by atoms with van der Waals surface area (Å²) in [6, 6.07) is 9.98. The summed E-state index contributed by atoms with van der Waals surface area (Å²) in [6.07, 6.45) is -0.589. The molecule has 0 aliphatic carbocycles. The highest BCUT2D eigenvalue weighted by atomic mass is 19.4. The third kappa shape index (κ3) is 4.90. The number of anilines is 1. The van der Waals surface area contributed by atoms with Crippen LogP contribution in [0.1, 0.15) is 29.5 Å². The lowest BCUT2D eigenvalue weighted by Crippen LogP contribution is -2.35. The van der Waals surface area contributed by atoms with E-state index in [1.165, 1.54) is 13.0 Å². The number of rotatable bonds is 5. The molecular weight excluding hydrogens is 405 g/mol. The quantitative estimate of drug-likeness (QED) is 0.615. The van der Waals surface area contributed by atoms with Crippen molar-refractivity contribution >= 4 is 16.6 Å². The van der Waals surface area contributed by atoms with Crippen molar-refractivity contribution in [2.45, 2.75) is 38.6 Å². The maximum atomic E-state index is 13.2. The van der Waals surface area contributed by atoms with Crippen LogP contribution in [0.25, 0.3) is 10.8 Å². The highest BCUT2D eigenvalue weighted by molar-refractivity contribution is 5.92. The lowest BCUT2D eigenvalue weighted by molar-refractivity contribution is -0.138. The molecule has 0 unspecified atom stereocenters. The normalized spacial score (nSPS) is 15.9. The largest absolute Gasteiger partial charge is 0.490 e. The van der Waals surface area contributed by atoms with Gasteiger partial charge in [0.1, 0.15) is 11.9 Å². The third-order valence-corrected chi connectivity index (χ3v) is 5.80. The Balaban J connectivity index is 1.54. The van der Waals surface area contributed by atoms with Crippen LogP contribution >= 0.6 is 0 Å². The van der Waals surface area contributed by atoms with E-state index in [1.54, 1.807) is 12.3 Å². The fraction of sp³-hybridized carbons (Fsp3) is 0.391. The summed E-state index contributed by atoms with van der Waals surface area (Å²) < 4.78 is 45.8. The molecule has 0 radical (unpaired) electrons. The van der Waals surface area contributed by atoms with E-state index < -0.39 is 11.7 Å². The first-order valence-electron chi connectivity index (χ1n) is 10.3. The summed E-state index contributed by atoms with van der Waals surface area (Å²) in [5.74, 6) is 1.27. The Morgan fingerprint density at radius 3 is 2.68 bits per heavy atom. The first-order chi connectivity index (χ1) is 14.8. The number of aromatic nitrogens is 2. The second-order valence-electron chi connectivity index (χ2n) is 8.00. The molecule has 1 aliphatic rings. The highest BCUT2D eigenvalue weighted by Gasteiger charge is 2.32. The highest BCUT2D eigenvalue weighted by Crippen LogP contribution is 2.33. The van der Waals surface area contributed by atoms with Crippen LogP contribution in [0, 0.1) is 6.92 Å². The van der Waals surface area contributed by atoms with Gasteiger partial charge in [-0.15, -0.1) is 5.10 Å². The van der Waals surface area contributed by atoms with Crippen LogP contribution in [0.4, 0.5) is 19.0 Å². The monoisotopic (exact) mass is 430 g/mol. The average Bonchev–Trinajstić information content (AvgIpc) is 2.74. The van der Waals surface area contributed by atoms with Gasteiger partial charge in [0.15, 0.2) is 5.82 Å². The standard InChI is InChI=1S/C23H25F3N4O/c1-15-16(4-3-5-21(15)23(24,25)26)13-27-22-20-12-19(7-6-17(20)14-28-29-22)31-18-8-10-30(2)11-9-18/h3-7,12,14,18H,8-11,13H2,1-2H3,(H,27,29). The van der Waals surface area contributed by atoms with E-state index >= 15 is 0 Å². The van der Waals surface area contributed by atoms with Crippen molar-refractivity contribution in [3.05, 3.63) is 59.3 Å². The Hall–Kier alpha value is -2.87. The molecule has 0 bridgehead atoms. The van der Waals surface area contributed by atoms with E-state index in [2.05, 4.69) is 27.5 Å². The molecule has 1 fully saturated rings. The van der Waals surface area contributed by atoms with Crippen molar-refractivity contribution in [1.29, 1.82) is 0 Å². The number of likely N-dealkylation sites (tertiary alicyclic amines) is 1. The SMILES string of the molecule is Cc1c(CNc2nncc3ccc(OC4CCN(C)CC4)cc23)cccc1C(F)(F)F. The summed E-state index contributed by atoms with van der Waals surface area (Å²) >= 11 is 0. The minimum atomic E-state index is -4.38. The molecule has 1 N–H and O–H groups in total. The maximum absolute atomic E-state index is 13.2. The van der Waals surface area contributed by atoms with Gasteiger partial charge in [0, 0.05) is 30.4 Å². The number of nitrogens with zero attached hydrogens (tertiary/aromatic N) is 3. The second kappa shape index (κ2) is 8.70. The van der Waals surface area contributed by atoms with Gasteiger partial charge < -0.3 is 15.0 Å². The predicted octanol–water partition coefficient (Wildman–Crippen LogP) is 5.04.